The van der Waals surface area contributed by atoms with Crippen molar-refractivity contribution in [2.75, 3.05) is 13.2 Å². The van der Waals surface area contributed by atoms with Crippen LogP contribution >= 0.6 is 0 Å². The normalized spacial score (nSPS) is 12.9. The van der Waals surface area contributed by atoms with Crippen molar-refractivity contribution < 1.29 is 28.6 Å². The molecule has 358 valence electrons. The third-order valence-corrected chi connectivity index (χ3v) is 10.7. The van der Waals surface area contributed by atoms with Gasteiger partial charge in [0.05, 0.1) is 0 Å². The van der Waals surface area contributed by atoms with Gasteiger partial charge in [0, 0.05) is 19.3 Å². The SMILES string of the molecule is CC\C=C/C=C\C=C/C=C\C=C\C=C/CCCCCC(=O)OC(COC(=O)CCC/C=C\CCCCCC)COC(=O)CCCCCCCCC/C=C\CCCCCCCCCC. The summed E-state index contributed by atoms with van der Waals surface area (Å²) in [5.74, 6) is -0.997. The first-order chi connectivity index (χ1) is 31.0. The summed E-state index contributed by atoms with van der Waals surface area (Å²) in [5, 5.41) is 0. The molecule has 63 heavy (non-hydrogen) atoms. The Morgan fingerprint density at radius 3 is 1.11 bits per heavy atom. The maximum atomic E-state index is 12.8. The number of carbonyl (C=O) groups excluding carboxylic acids is 3. The van der Waals surface area contributed by atoms with Gasteiger partial charge in [-0.15, -0.1) is 0 Å². The van der Waals surface area contributed by atoms with E-state index in [2.05, 4.69) is 57.2 Å². The van der Waals surface area contributed by atoms with Gasteiger partial charge < -0.3 is 14.2 Å². The van der Waals surface area contributed by atoms with Crippen molar-refractivity contribution >= 4 is 17.9 Å². The maximum absolute atomic E-state index is 12.8. The standard InChI is InChI=1S/C57H94O6/c1-4-7-10-13-16-19-21-23-25-27-28-30-31-33-35-38-41-44-47-50-56(59)62-53-54(52-61-55(58)49-46-43-40-37-18-15-12-9-6-3)63-57(60)51-48-45-42-39-36-34-32-29-26-24-22-20-17-14-11-8-5-2/h8,11,14,17,20,22,24,26-29,32,34,36-37,40,54H,4-7,9-10,12-13,15-16,18-19,21,23,25,30-31,33,35,38-39,41-53H2,1-3H3/b11-8-,17-14-,22-20-,26-24-,28-27-,32-29+,36-34-,40-37-. The Kier molecular flexibility index (Phi) is 48.0. The van der Waals surface area contributed by atoms with E-state index in [1.54, 1.807) is 0 Å². The van der Waals surface area contributed by atoms with Crippen LogP contribution in [0.25, 0.3) is 0 Å². The third-order valence-electron chi connectivity index (χ3n) is 10.7. The quantitative estimate of drug-likeness (QED) is 0.0199. The molecule has 6 nitrogen and oxygen atoms in total. The summed E-state index contributed by atoms with van der Waals surface area (Å²) >= 11 is 0. The van der Waals surface area contributed by atoms with Crippen molar-refractivity contribution in [1.82, 2.24) is 0 Å². The number of rotatable bonds is 45. The van der Waals surface area contributed by atoms with E-state index < -0.39 is 6.10 Å². The van der Waals surface area contributed by atoms with Crippen LogP contribution < -0.4 is 0 Å². The van der Waals surface area contributed by atoms with Gasteiger partial charge in [0.15, 0.2) is 6.10 Å². The summed E-state index contributed by atoms with van der Waals surface area (Å²) < 4.78 is 16.7. The number of unbranched alkanes of at least 4 members (excludes halogenated alkanes) is 23. The van der Waals surface area contributed by atoms with Crippen LogP contribution in [-0.4, -0.2) is 37.2 Å². The zero-order valence-corrected chi connectivity index (χ0v) is 40.8. The molecule has 0 aromatic carbocycles. The van der Waals surface area contributed by atoms with Gasteiger partial charge >= 0.3 is 17.9 Å². The molecular weight excluding hydrogens is 781 g/mol. The van der Waals surface area contributed by atoms with E-state index in [1.807, 2.05) is 60.8 Å². The summed E-state index contributed by atoms with van der Waals surface area (Å²) in [4.78, 5) is 37.9. The predicted octanol–water partition coefficient (Wildman–Crippen LogP) is 17.0. The Hall–Kier alpha value is -3.67. The molecule has 0 aliphatic rings. The first-order valence-corrected chi connectivity index (χ1v) is 25.8. The van der Waals surface area contributed by atoms with Crippen molar-refractivity contribution in [1.29, 1.82) is 0 Å². The molecule has 0 saturated carbocycles. The number of ether oxygens (including phenoxy) is 3. The zero-order chi connectivity index (χ0) is 45.8. The predicted molar refractivity (Wildman–Crippen MR) is 270 cm³/mol. The highest BCUT2D eigenvalue weighted by molar-refractivity contribution is 5.71. The molecule has 0 saturated heterocycles. The van der Waals surface area contributed by atoms with E-state index in [0.717, 1.165) is 57.8 Å². The second-order valence-corrected chi connectivity index (χ2v) is 16.8. The van der Waals surface area contributed by atoms with E-state index in [4.69, 9.17) is 14.2 Å². The van der Waals surface area contributed by atoms with Gasteiger partial charge in [-0.2, -0.15) is 0 Å². The largest absolute Gasteiger partial charge is 0.462 e. The molecule has 0 fully saturated rings. The molecule has 0 rings (SSSR count). The Bertz CT molecular complexity index is 1280. The van der Waals surface area contributed by atoms with Crippen molar-refractivity contribution in [3.63, 3.8) is 0 Å². The van der Waals surface area contributed by atoms with Crippen LogP contribution in [0.2, 0.25) is 0 Å². The van der Waals surface area contributed by atoms with E-state index in [1.165, 1.54) is 116 Å². The van der Waals surface area contributed by atoms with Crippen LogP contribution in [0.1, 0.15) is 226 Å². The topological polar surface area (TPSA) is 78.9 Å². The highest BCUT2D eigenvalue weighted by Gasteiger charge is 2.19. The van der Waals surface area contributed by atoms with E-state index >= 15 is 0 Å². The lowest BCUT2D eigenvalue weighted by atomic mass is 10.1. The lowest BCUT2D eigenvalue weighted by Gasteiger charge is -2.18. The summed E-state index contributed by atoms with van der Waals surface area (Å²) in [5.41, 5.74) is 0. The third kappa shape index (κ3) is 49.2. The highest BCUT2D eigenvalue weighted by Crippen LogP contribution is 2.14. The molecule has 0 spiro atoms. The Balaban J connectivity index is 4.43. The second kappa shape index (κ2) is 51.0. The fourth-order valence-electron chi connectivity index (χ4n) is 6.82. The molecule has 0 aromatic rings. The summed E-state index contributed by atoms with van der Waals surface area (Å²) in [7, 11) is 0. The van der Waals surface area contributed by atoms with Crippen molar-refractivity contribution in [2.24, 2.45) is 0 Å². The van der Waals surface area contributed by atoms with Crippen LogP contribution in [0.15, 0.2) is 97.2 Å². The number of hydrogen-bond donors (Lipinski definition) is 0. The van der Waals surface area contributed by atoms with Gasteiger partial charge in [0.1, 0.15) is 13.2 Å². The van der Waals surface area contributed by atoms with Gasteiger partial charge in [-0.25, -0.2) is 0 Å². The Morgan fingerprint density at radius 1 is 0.333 bits per heavy atom. The molecule has 0 N–H and O–H groups in total. The van der Waals surface area contributed by atoms with Crippen LogP contribution in [0.5, 0.6) is 0 Å². The fourth-order valence-corrected chi connectivity index (χ4v) is 6.82. The molecule has 0 heterocycles. The van der Waals surface area contributed by atoms with Gasteiger partial charge in [-0.05, 0) is 83.5 Å². The first-order valence-electron chi connectivity index (χ1n) is 25.8. The number of esters is 3. The van der Waals surface area contributed by atoms with E-state index in [0.29, 0.717) is 25.7 Å². The molecule has 6 heteroatoms. The van der Waals surface area contributed by atoms with Gasteiger partial charge in [0.25, 0.3) is 0 Å². The molecule has 0 bridgehead atoms. The molecule has 0 aliphatic carbocycles. The van der Waals surface area contributed by atoms with E-state index in [-0.39, 0.29) is 37.5 Å². The molecule has 1 atom stereocenters. The first kappa shape index (κ1) is 59.3. The summed E-state index contributed by atoms with van der Waals surface area (Å²) in [6.07, 6.45) is 66.9. The van der Waals surface area contributed by atoms with Crippen molar-refractivity contribution in [3.05, 3.63) is 97.2 Å². The average Bonchev–Trinajstić information content (AvgIpc) is 3.28. The van der Waals surface area contributed by atoms with Crippen molar-refractivity contribution in [2.45, 2.75) is 232 Å². The molecule has 0 aromatic heterocycles. The number of hydrogen-bond acceptors (Lipinski definition) is 6. The smallest absolute Gasteiger partial charge is 0.306 e. The molecule has 0 aliphatic heterocycles. The van der Waals surface area contributed by atoms with Gasteiger partial charge in [-0.1, -0.05) is 221 Å². The second-order valence-electron chi connectivity index (χ2n) is 16.8. The fraction of sp³-hybridized carbons (Fsp3) is 0.667. The minimum absolute atomic E-state index is 0.107. The van der Waals surface area contributed by atoms with Crippen LogP contribution in [-0.2, 0) is 28.6 Å². The van der Waals surface area contributed by atoms with Crippen LogP contribution in [0.3, 0.4) is 0 Å². The van der Waals surface area contributed by atoms with Crippen molar-refractivity contribution in [3.8, 4) is 0 Å². The zero-order valence-electron chi connectivity index (χ0n) is 40.8. The number of allylic oxidation sites excluding steroid dienone is 16. The summed E-state index contributed by atoms with van der Waals surface area (Å²) in [6.45, 7) is 6.38. The average molecular weight is 875 g/mol. The lowest BCUT2D eigenvalue weighted by molar-refractivity contribution is -0.167. The molecule has 0 radical (unpaired) electrons. The highest BCUT2D eigenvalue weighted by atomic mass is 16.6. The summed E-state index contributed by atoms with van der Waals surface area (Å²) in [6, 6.07) is 0. The van der Waals surface area contributed by atoms with Gasteiger partial charge in [0.2, 0.25) is 0 Å². The van der Waals surface area contributed by atoms with Crippen LogP contribution in [0, 0.1) is 0 Å². The minimum Gasteiger partial charge on any atom is -0.462 e. The van der Waals surface area contributed by atoms with E-state index in [9.17, 15) is 14.4 Å². The molecule has 1 unspecified atom stereocenters. The lowest BCUT2D eigenvalue weighted by Crippen LogP contribution is -2.30. The monoisotopic (exact) mass is 875 g/mol. The van der Waals surface area contributed by atoms with Gasteiger partial charge in [-0.3, -0.25) is 14.4 Å². The Morgan fingerprint density at radius 2 is 0.651 bits per heavy atom. The molecular formula is C57H94O6. The van der Waals surface area contributed by atoms with Crippen LogP contribution in [0.4, 0.5) is 0 Å². The molecule has 0 amide bonds. The maximum Gasteiger partial charge on any atom is 0.306 e. The number of carbonyl (C=O) groups is 3. The Labute approximate surface area is 387 Å². The minimum atomic E-state index is -0.813.